The van der Waals surface area contributed by atoms with Gasteiger partial charge >= 0.3 is 0 Å². The van der Waals surface area contributed by atoms with Crippen LogP contribution >= 0.6 is 23.4 Å². The van der Waals surface area contributed by atoms with Gasteiger partial charge in [0.25, 0.3) is 0 Å². The van der Waals surface area contributed by atoms with Crippen LogP contribution in [0.15, 0.2) is 60.1 Å². The van der Waals surface area contributed by atoms with Gasteiger partial charge in [-0.15, -0.1) is 0 Å². The van der Waals surface area contributed by atoms with E-state index in [1.54, 1.807) is 24.4 Å². The van der Waals surface area contributed by atoms with Gasteiger partial charge in [-0.25, -0.2) is 19.9 Å². The number of rotatable bonds is 4. The molecule has 0 aliphatic rings. The molecule has 0 aliphatic carbocycles. The molecular weight excluding hydrogens is 414 g/mol. The quantitative estimate of drug-likeness (QED) is 0.274. The third kappa shape index (κ3) is 3.32. The predicted molar refractivity (Wildman–Crippen MR) is 123 cm³/mol. The molecule has 0 atom stereocenters. The molecule has 3 heterocycles. The number of imidazole rings is 1. The SMILES string of the molecule is Cc1ccccc1-c1nc2c(C)ccc(Cl)c2cc1CSc1ncnc2nc[nH]c12. The second-order valence-electron chi connectivity index (χ2n) is 7.14. The standard InChI is InChI=1S/C23H18ClN5S/c1-13-5-3-4-6-16(13)20-15(9-17-18(24)8-7-14(2)19(17)29-20)10-30-23-21-22(26-11-25-21)27-12-28-23/h3-9,11-12H,10H2,1-2H3,(H,25,26,27,28). The Balaban J connectivity index is 1.65. The van der Waals surface area contributed by atoms with E-state index in [0.29, 0.717) is 16.4 Å². The number of hydrogen-bond acceptors (Lipinski definition) is 5. The van der Waals surface area contributed by atoms with Gasteiger partial charge in [0.05, 0.1) is 17.5 Å². The van der Waals surface area contributed by atoms with E-state index in [0.717, 1.165) is 43.8 Å². The summed E-state index contributed by atoms with van der Waals surface area (Å²) >= 11 is 8.17. The van der Waals surface area contributed by atoms with Crippen LogP contribution < -0.4 is 0 Å². The largest absolute Gasteiger partial charge is 0.341 e. The highest BCUT2D eigenvalue weighted by Gasteiger charge is 2.15. The molecule has 1 N–H and O–H groups in total. The van der Waals surface area contributed by atoms with E-state index >= 15 is 0 Å². The molecule has 0 unspecified atom stereocenters. The van der Waals surface area contributed by atoms with Crippen LogP contribution in [0.4, 0.5) is 0 Å². The number of aromatic nitrogens is 5. The summed E-state index contributed by atoms with van der Waals surface area (Å²) in [5, 5.41) is 2.55. The molecule has 5 rings (SSSR count). The van der Waals surface area contributed by atoms with Crippen molar-refractivity contribution in [3.8, 4) is 11.3 Å². The Labute approximate surface area is 183 Å². The summed E-state index contributed by atoms with van der Waals surface area (Å²) in [6, 6.07) is 14.4. The van der Waals surface area contributed by atoms with Crippen LogP contribution in [0.1, 0.15) is 16.7 Å². The Morgan fingerprint density at radius 2 is 1.87 bits per heavy atom. The van der Waals surface area contributed by atoms with Gasteiger partial charge in [-0.2, -0.15) is 0 Å². The topological polar surface area (TPSA) is 67.3 Å². The number of hydrogen-bond donors (Lipinski definition) is 1. The molecule has 0 aliphatic heterocycles. The van der Waals surface area contributed by atoms with Gasteiger partial charge in [-0.3, -0.25) is 0 Å². The molecule has 0 amide bonds. The lowest BCUT2D eigenvalue weighted by Crippen LogP contribution is -1.97. The fourth-order valence-corrected chi connectivity index (χ4v) is 4.72. The van der Waals surface area contributed by atoms with E-state index in [-0.39, 0.29) is 0 Å². The van der Waals surface area contributed by atoms with Crippen molar-refractivity contribution in [2.75, 3.05) is 0 Å². The number of nitrogens with zero attached hydrogens (tertiary/aromatic N) is 4. The zero-order chi connectivity index (χ0) is 20.7. The monoisotopic (exact) mass is 431 g/mol. The Hall–Kier alpha value is -2.96. The Morgan fingerprint density at radius 1 is 1.00 bits per heavy atom. The zero-order valence-electron chi connectivity index (χ0n) is 16.5. The summed E-state index contributed by atoms with van der Waals surface area (Å²) < 4.78 is 0. The number of fused-ring (bicyclic) bond motifs is 2. The van der Waals surface area contributed by atoms with Crippen molar-refractivity contribution in [1.82, 2.24) is 24.9 Å². The molecule has 0 saturated heterocycles. The van der Waals surface area contributed by atoms with Crippen LogP contribution in [0.25, 0.3) is 33.3 Å². The van der Waals surface area contributed by atoms with E-state index in [4.69, 9.17) is 16.6 Å². The van der Waals surface area contributed by atoms with Gasteiger partial charge in [0.15, 0.2) is 5.65 Å². The van der Waals surface area contributed by atoms with Crippen molar-refractivity contribution in [2.24, 2.45) is 0 Å². The van der Waals surface area contributed by atoms with E-state index in [9.17, 15) is 0 Å². The van der Waals surface area contributed by atoms with Gasteiger partial charge in [0.2, 0.25) is 0 Å². The van der Waals surface area contributed by atoms with E-state index < -0.39 is 0 Å². The van der Waals surface area contributed by atoms with E-state index in [1.807, 2.05) is 18.2 Å². The minimum absolute atomic E-state index is 0.668. The maximum absolute atomic E-state index is 6.53. The molecule has 0 spiro atoms. The summed E-state index contributed by atoms with van der Waals surface area (Å²) in [5.74, 6) is 0.696. The first kappa shape index (κ1) is 19.0. The first-order valence-corrected chi connectivity index (χ1v) is 10.9. The highest BCUT2D eigenvalue weighted by molar-refractivity contribution is 7.98. The highest BCUT2D eigenvalue weighted by Crippen LogP contribution is 2.35. The number of aryl methyl sites for hydroxylation is 2. The van der Waals surface area contributed by atoms with Gasteiger partial charge < -0.3 is 4.98 Å². The molecule has 7 heteroatoms. The summed E-state index contributed by atoms with van der Waals surface area (Å²) in [6.45, 7) is 4.18. The molecule has 0 bridgehead atoms. The molecule has 30 heavy (non-hydrogen) atoms. The average molecular weight is 432 g/mol. The summed E-state index contributed by atoms with van der Waals surface area (Å²) in [6.07, 6.45) is 3.19. The molecule has 0 radical (unpaired) electrons. The van der Waals surface area contributed by atoms with Crippen LogP contribution in [0, 0.1) is 13.8 Å². The maximum Gasteiger partial charge on any atom is 0.181 e. The lowest BCUT2D eigenvalue weighted by Gasteiger charge is -2.14. The van der Waals surface area contributed by atoms with Crippen molar-refractivity contribution >= 4 is 45.4 Å². The van der Waals surface area contributed by atoms with Crippen molar-refractivity contribution in [1.29, 1.82) is 0 Å². The maximum atomic E-state index is 6.53. The number of nitrogens with one attached hydrogen (secondary N) is 1. The minimum Gasteiger partial charge on any atom is -0.341 e. The van der Waals surface area contributed by atoms with Crippen molar-refractivity contribution < 1.29 is 0 Å². The Kier molecular flexibility index (Phi) is 4.89. The minimum atomic E-state index is 0.668. The molecule has 5 nitrogen and oxygen atoms in total. The highest BCUT2D eigenvalue weighted by atomic mass is 35.5. The predicted octanol–water partition coefficient (Wildman–Crippen LogP) is 6.13. The van der Waals surface area contributed by atoms with Crippen LogP contribution in [-0.2, 0) is 5.75 Å². The first-order chi connectivity index (χ1) is 14.6. The van der Waals surface area contributed by atoms with Crippen molar-refractivity contribution in [2.45, 2.75) is 24.6 Å². The molecule has 3 aromatic heterocycles. The van der Waals surface area contributed by atoms with Gasteiger partial charge in [0.1, 0.15) is 16.9 Å². The number of aromatic amines is 1. The molecule has 2 aromatic carbocycles. The number of benzene rings is 2. The molecule has 0 fully saturated rings. The first-order valence-electron chi connectivity index (χ1n) is 9.53. The fourth-order valence-electron chi connectivity index (χ4n) is 3.58. The van der Waals surface area contributed by atoms with Crippen molar-refractivity contribution in [3.63, 3.8) is 0 Å². The number of halogens is 1. The zero-order valence-corrected chi connectivity index (χ0v) is 18.1. The number of thioether (sulfide) groups is 1. The lowest BCUT2D eigenvalue weighted by atomic mass is 9.99. The van der Waals surface area contributed by atoms with E-state index in [1.165, 1.54) is 5.56 Å². The number of H-pyrrole nitrogens is 1. The van der Waals surface area contributed by atoms with Gasteiger partial charge in [-0.05, 0) is 42.7 Å². The molecule has 5 aromatic rings. The van der Waals surface area contributed by atoms with Crippen LogP contribution in [0.3, 0.4) is 0 Å². The molecule has 148 valence electrons. The van der Waals surface area contributed by atoms with Crippen LogP contribution in [-0.4, -0.2) is 24.9 Å². The second-order valence-corrected chi connectivity index (χ2v) is 8.51. The van der Waals surface area contributed by atoms with E-state index in [2.05, 4.69) is 58.0 Å². The fraction of sp³-hybridized carbons (Fsp3) is 0.130. The normalized spacial score (nSPS) is 11.4. The van der Waals surface area contributed by atoms with Crippen molar-refractivity contribution in [3.05, 3.63) is 76.8 Å². The summed E-state index contributed by atoms with van der Waals surface area (Å²) in [4.78, 5) is 21.1. The third-order valence-corrected chi connectivity index (χ3v) is 6.53. The molecular formula is C23H18ClN5S. The van der Waals surface area contributed by atoms with Crippen LogP contribution in [0.5, 0.6) is 0 Å². The van der Waals surface area contributed by atoms with Crippen LogP contribution in [0.2, 0.25) is 5.02 Å². The summed E-state index contributed by atoms with van der Waals surface area (Å²) in [7, 11) is 0. The summed E-state index contributed by atoms with van der Waals surface area (Å²) in [5.41, 5.74) is 7.97. The Morgan fingerprint density at radius 3 is 2.73 bits per heavy atom. The lowest BCUT2D eigenvalue weighted by molar-refractivity contribution is 1.08. The smallest absolute Gasteiger partial charge is 0.181 e. The Bertz CT molecular complexity index is 1400. The molecule has 0 saturated carbocycles. The second kappa shape index (κ2) is 7.70. The average Bonchev–Trinajstić information content (AvgIpc) is 3.24. The number of pyridine rings is 1. The van der Waals surface area contributed by atoms with Gasteiger partial charge in [-0.1, -0.05) is 53.7 Å². The third-order valence-electron chi connectivity index (χ3n) is 5.16. The van der Waals surface area contributed by atoms with Gasteiger partial charge in [0, 0.05) is 21.7 Å².